The van der Waals surface area contributed by atoms with Crippen LogP contribution in [-0.2, 0) is 16.4 Å². The van der Waals surface area contributed by atoms with Crippen molar-refractivity contribution in [1.82, 2.24) is 0 Å². The van der Waals surface area contributed by atoms with Gasteiger partial charge in [0.25, 0.3) is 0 Å². The van der Waals surface area contributed by atoms with Gasteiger partial charge in [-0.25, -0.2) is 13.6 Å². The second-order valence-corrected chi connectivity index (χ2v) is 4.75. The molecule has 74 valence electrons. The molecular formula is C9H10N2O2S. The number of nitrogens with one attached hydrogen (secondary N) is 1. The monoisotopic (exact) mass is 210 g/mol. The van der Waals surface area contributed by atoms with Crippen LogP contribution in [0, 0.1) is 0 Å². The Morgan fingerprint density at radius 2 is 2.00 bits per heavy atom. The van der Waals surface area contributed by atoms with E-state index in [0.29, 0.717) is 6.42 Å². The molecule has 0 saturated heterocycles. The smallest absolute Gasteiger partial charge is 0.235 e. The van der Waals surface area contributed by atoms with Gasteiger partial charge in [0.1, 0.15) is 0 Å². The van der Waals surface area contributed by atoms with Crippen LogP contribution in [0.3, 0.4) is 0 Å². The molecule has 2 rings (SSSR count). The number of para-hydroxylation sites is 1. The molecule has 5 heteroatoms. The quantitative estimate of drug-likeness (QED) is 0.719. The highest BCUT2D eigenvalue weighted by molar-refractivity contribution is 7.93. The highest BCUT2D eigenvalue weighted by Gasteiger charge is 2.17. The second kappa shape index (κ2) is 3.11. The number of hydrogen-bond acceptors (Lipinski definition) is 3. The zero-order valence-electron chi connectivity index (χ0n) is 7.40. The fourth-order valence-corrected chi connectivity index (χ4v) is 1.97. The summed E-state index contributed by atoms with van der Waals surface area (Å²) in [5, 5.41) is 7.93. The first-order chi connectivity index (χ1) is 6.57. The van der Waals surface area contributed by atoms with Gasteiger partial charge in [0.2, 0.25) is 10.0 Å². The van der Waals surface area contributed by atoms with Crippen molar-refractivity contribution in [3.05, 3.63) is 40.9 Å². The maximum atomic E-state index is 11.1. The van der Waals surface area contributed by atoms with E-state index in [1.807, 2.05) is 24.3 Å². The van der Waals surface area contributed by atoms with Crippen molar-refractivity contribution < 1.29 is 8.42 Å². The molecule has 1 aromatic carbocycles. The Hall–Kier alpha value is -1.33. The first-order valence-electron chi connectivity index (χ1n) is 4.13. The van der Waals surface area contributed by atoms with E-state index in [4.69, 9.17) is 5.14 Å². The van der Waals surface area contributed by atoms with E-state index in [-0.39, 0.29) is 4.91 Å². The number of benzene rings is 1. The van der Waals surface area contributed by atoms with Gasteiger partial charge in [-0.15, -0.1) is 0 Å². The standard InChI is InChI=1S/C9H10N2O2S/c10-14(12,13)8-5-7-3-1-2-4-9(7)11-6-8/h1-4,6,11H,5H2,(H2,10,12,13). The third-order valence-corrected chi connectivity index (χ3v) is 3.13. The van der Waals surface area contributed by atoms with Crippen molar-refractivity contribution in [1.29, 1.82) is 0 Å². The van der Waals surface area contributed by atoms with E-state index in [9.17, 15) is 8.42 Å². The molecular weight excluding hydrogens is 200 g/mol. The van der Waals surface area contributed by atoms with Gasteiger partial charge in [0, 0.05) is 18.3 Å². The molecule has 0 fully saturated rings. The van der Waals surface area contributed by atoms with Crippen molar-refractivity contribution in [2.75, 3.05) is 5.32 Å². The molecule has 0 amide bonds. The molecule has 0 saturated carbocycles. The summed E-state index contributed by atoms with van der Waals surface area (Å²) >= 11 is 0. The summed E-state index contributed by atoms with van der Waals surface area (Å²) in [5.74, 6) is 0. The minimum atomic E-state index is -3.57. The van der Waals surface area contributed by atoms with Gasteiger partial charge < -0.3 is 5.32 Å². The number of hydrogen-bond donors (Lipinski definition) is 2. The van der Waals surface area contributed by atoms with Crippen LogP contribution in [0.2, 0.25) is 0 Å². The van der Waals surface area contributed by atoms with Crippen LogP contribution in [0.5, 0.6) is 0 Å². The average molecular weight is 210 g/mol. The molecule has 3 N–H and O–H groups in total. The molecule has 1 aliphatic heterocycles. The Morgan fingerprint density at radius 3 is 2.71 bits per heavy atom. The number of fused-ring (bicyclic) bond motifs is 1. The lowest BCUT2D eigenvalue weighted by Gasteiger charge is -2.16. The Labute approximate surface area is 82.5 Å². The van der Waals surface area contributed by atoms with E-state index >= 15 is 0 Å². The van der Waals surface area contributed by atoms with Gasteiger partial charge >= 0.3 is 0 Å². The van der Waals surface area contributed by atoms with Crippen LogP contribution >= 0.6 is 0 Å². The summed E-state index contributed by atoms with van der Waals surface area (Å²) < 4.78 is 22.1. The SMILES string of the molecule is NS(=O)(=O)C1=CNc2ccccc2C1. The van der Waals surface area contributed by atoms with Crippen LogP contribution in [0.4, 0.5) is 5.69 Å². The fourth-order valence-electron chi connectivity index (χ4n) is 1.39. The average Bonchev–Trinajstić information content (AvgIpc) is 2.16. The summed E-state index contributed by atoms with van der Waals surface area (Å²) in [5.41, 5.74) is 1.87. The topological polar surface area (TPSA) is 72.2 Å². The third kappa shape index (κ3) is 1.64. The normalized spacial score (nSPS) is 15.4. The maximum absolute atomic E-state index is 11.1. The fraction of sp³-hybridized carbons (Fsp3) is 0.111. The maximum Gasteiger partial charge on any atom is 0.235 e. The van der Waals surface area contributed by atoms with E-state index in [0.717, 1.165) is 11.3 Å². The van der Waals surface area contributed by atoms with Crippen molar-refractivity contribution in [2.24, 2.45) is 5.14 Å². The minimum absolute atomic E-state index is 0.219. The molecule has 14 heavy (non-hydrogen) atoms. The lowest BCUT2D eigenvalue weighted by molar-refractivity contribution is 0.602. The lowest BCUT2D eigenvalue weighted by atomic mass is 10.1. The molecule has 0 radical (unpaired) electrons. The molecule has 1 aliphatic rings. The van der Waals surface area contributed by atoms with Gasteiger partial charge in [-0.2, -0.15) is 0 Å². The van der Waals surface area contributed by atoms with E-state index in [2.05, 4.69) is 5.32 Å². The van der Waals surface area contributed by atoms with Gasteiger partial charge in [-0.1, -0.05) is 18.2 Å². The summed E-state index contributed by atoms with van der Waals surface area (Å²) in [6, 6.07) is 7.53. The van der Waals surface area contributed by atoms with Crippen LogP contribution < -0.4 is 10.5 Å². The van der Waals surface area contributed by atoms with E-state index in [1.54, 1.807) is 0 Å². The Kier molecular flexibility index (Phi) is 2.05. The first kappa shape index (κ1) is 9.23. The number of rotatable bonds is 1. The van der Waals surface area contributed by atoms with E-state index < -0.39 is 10.0 Å². The molecule has 4 nitrogen and oxygen atoms in total. The molecule has 1 heterocycles. The number of sulfonamides is 1. The lowest BCUT2D eigenvalue weighted by Crippen LogP contribution is -2.20. The Balaban J connectivity index is 2.39. The van der Waals surface area contributed by atoms with Crippen LogP contribution in [-0.4, -0.2) is 8.42 Å². The van der Waals surface area contributed by atoms with Crippen LogP contribution in [0.25, 0.3) is 0 Å². The number of anilines is 1. The molecule has 0 aromatic heterocycles. The predicted molar refractivity (Wildman–Crippen MR) is 55.0 cm³/mol. The number of allylic oxidation sites excluding steroid dienone is 1. The van der Waals surface area contributed by atoms with Gasteiger partial charge in [-0.3, -0.25) is 0 Å². The number of primary sulfonamides is 1. The Bertz CT molecular complexity index is 491. The summed E-state index contributed by atoms with van der Waals surface area (Å²) in [7, 11) is -3.57. The van der Waals surface area contributed by atoms with Crippen molar-refractivity contribution in [3.63, 3.8) is 0 Å². The first-order valence-corrected chi connectivity index (χ1v) is 5.68. The number of nitrogens with two attached hydrogens (primary N) is 1. The van der Waals surface area contributed by atoms with Gasteiger partial charge in [0.15, 0.2) is 0 Å². The van der Waals surface area contributed by atoms with Crippen molar-refractivity contribution in [2.45, 2.75) is 6.42 Å². The second-order valence-electron chi connectivity index (χ2n) is 3.13. The summed E-state index contributed by atoms with van der Waals surface area (Å²) in [6.07, 6.45) is 1.81. The van der Waals surface area contributed by atoms with Gasteiger partial charge in [0.05, 0.1) is 4.91 Å². The van der Waals surface area contributed by atoms with Crippen molar-refractivity contribution in [3.8, 4) is 0 Å². The Morgan fingerprint density at radius 1 is 1.29 bits per heavy atom. The zero-order chi connectivity index (χ0) is 10.2. The molecule has 0 spiro atoms. The van der Waals surface area contributed by atoms with E-state index in [1.165, 1.54) is 6.20 Å². The largest absolute Gasteiger partial charge is 0.360 e. The molecule has 1 aromatic rings. The molecule has 0 aliphatic carbocycles. The van der Waals surface area contributed by atoms with Gasteiger partial charge in [-0.05, 0) is 11.6 Å². The minimum Gasteiger partial charge on any atom is -0.360 e. The van der Waals surface area contributed by atoms with Crippen LogP contribution in [0.15, 0.2) is 35.4 Å². The molecule has 0 bridgehead atoms. The molecule has 0 unspecified atom stereocenters. The zero-order valence-corrected chi connectivity index (χ0v) is 8.21. The summed E-state index contributed by atoms with van der Waals surface area (Å²) in [4.78, 5) is 0.219. The van der Waals surface area contributed by atoms with Crippen LogP contribution in [0.1, 0.15) is 5.56 Å². The summed E-state index contributed by atoms with van der Waals surface area (Å²) in [6.45, 7) is 0. The third-order valence-electron chi connectivity index (χ3n) is 2.14. The highest BCUT2D eigenvalue weighted by atomic mass is 32.2. The van der Waals surface area contributed by atoms with Crippen molar-refractivity contribution >= 4 is 15.7 Å². The molecule has 0 atom stereocenters. The predicted octanol–water partition coefficient (Wildman–Crippen LogP) is 0.785. The highest BCUT2D eigenvalue weighted by Crippen LogP contribution is 2.24.